The summed E-state index contributed by atoms with van der Waals surface area (Å²) in [6.07, 6.45) is 12.0. The van der Waals surface area contributed by atoms with Crippen LogP contribution in [-0.2, 0) is 14.3 Å². The van der Waals surface area contributed by atoms with Crippen molar-refractivity contribution < 1.29 is 24.2 Å². The van der Waals surface area contributed by atoms with Crippen molar-refractivity contribution >= 4 is 34.4 Å². The zero-order valence-corrected chi connectivity index (χ0v) is 31.4. The first-order chi connectivity index (χ1) is 22.3. The van der Waals surface area contributed by atoms with E-state index in [1.54, 1.807) is 20.0 Å². The fraction of sp³-hybridized carbons (Fsp3) is 0.795. The summed E-state index contributed by atoms with van der Waals surface area (Å²) in [5.74, 6) is 0.854. The van der Waals surface area contributed by atoms with Gasteiger partial charge in [-0.1, -0.05) is 46.8 Å². The molecular formula is C39H59N3O5S. The molecule has 5 saturated carbocycles. The number of carboxylic acids is 1. The molecule has 1 heterocycles. The molecule has 10 atom stereocenters. The number of anilines is 1. The average molecular weight is 682 g/mol. The Hall–Kier alpha value is -2.42. The molecule has 266 valence electrons. The number of esters is 1. The Bertz CT molecular complexity index is 1460. The molecule has 0 aromatic carbocycles. The van der Waals surface area contributed by atoms with Crippen LogP contribution in [0.15, 0.2) is 23.7 Å². The summed E-state index contributed by atoms with van der Waals surface area (Å²) in [4.78, 5) is 42.5. The van der Waals surface area contributed by atoms with Crippen LogP contribution in [0.4, 0.5) is 9.93 Å². The molecule has 6 rings (SSSR count). The van der Waals surface area contributed by atoms with E-state index in [0.717, 1.165) is 57.8 Å². The van der Waals surface area contributed by atoms with Crippen LogP contribution in [0.25, 0.3) is 0 Å². The standard InChI is InChI=1S/C39H59N3O5S/c1-23(2)24-12-17-39(42-32(46)41-33-40-20-21-48-33)19-18-37(8)25(30(24)39)10-11-27-36(7)15-14-28(47-29(43)22-34(3,4)31(44)45)35(5,6)26(36)13-16-38(27,37)9/h20-21,24-28,30H,1,10-19,22H2,2-9H3,(H,44,45)(H2,40,41,42,46)/t24-,25?,26?,27?,28?,30?,36?,37+,38?,39-/m0/s1. The van der Waals surface area contributed by atoms with Gasteiger partial charge in [0.2, 0.25) is 0 Å². The number of ether oxygens (including phenoxy) is 1. The van der Waals surface area contributed by atoms with Gasteiger partial charge in [-0.25, -0.2) is 9.78 Å². The molecule has 7 unspecified atom stereocenters. The van der Waals surface area contributed by atoms with Gasteiger partial charge in [-0.15, -0.1) is 11.3 Å². The molecule has 0 bridgehead atoms. The molecule has 2 amide bonds. The van der Waals surface area contributed by atoms with Crippen LogP contribution < -0.4 is 10.6 Å². The van der Waals surface area contributed by atoms with E-state index >= 15 is 0 Å². The van der Waals surface area contributed by atoms with Crippen LogP contribution >= 0.6 is 11.3 Å². The summed E-state index contributed by atoms with van der Waals surface area (Å²) in [5, 5.41) is 18.7. The Morgan fingerprint density at radius 2 is 1.71 bits per heavy atom. The number of carbonyl (C=O) groups excluding carboxylic acids is 2. The third-order valence-corrected chi connectivity index (χ3v) is 16.1. The number of aromatic nitrogens is 1. The molecule has 0 spiro atoms. The summed E-state index contributed by atoms with van der Waals surface area (Å²) in [6, 6.07) is -0.139. The van der Waals surface area contributed by atoms with Gasteiger partial charge in [0.15, 0.2) is 5.13 Å². The quantitative estimate of drug-likeness (QED) is 0.195. The number of hydrogen-bond donors (Lipinski definition) is 3. The molecule has 3 N–H and O–H groups in total. The number of aliphatic carboxylic acids is 1. The Kier molecular flexibility index (Phi) is 8.73. The van der Waals surface area contributed by atoms with Crippen molar-refractivity contribution in [2.75, 3.05) is 5.32 Å². The largest absolute Gasteiger partial charge is 0.481 e. The van der Waals surface area contributed by atoms with Gasteiger partial charge in [-0.2, -0.15) is 0 Å². The zero-order valence-electron chi connectivity index (χ0n) is 30.5. The third kappa shape index (κ3) is 5.35. The number of carboxylic acid groups (broad SMARTS) is 1. The van der Waals surface area contributed by atoms with Gasteiger partial charge < -0.3 is 15.2 Å². The molecule has 1 aromatic rings. The second kappa shape index (κ2) is 11.8. The Balaban J connectivity index is 1.25. The first kappa shape index (κ1) is 35.4. The maximum atomic E-state index is 13.4. The van der Waals surface area contributed by atoms with Gasteiger partial charge in [0.05, 0.1) is 11.8 Å². The minimum absolute atomic E-state index is 0.118. The summed E-state index contributed by atoms with van der Waals surface area (Å²) in [5.41, 5.74) is 0.0743. The van der Waals surface area contributed by atoms with E-state index in [4.69, 9.17) is 4.74 Å². The highest BCUT2D eigenvalue weighted by molar-refractivity contribution is 7.13. The number of carbonyl (C=O) groups is 3. The van der Waals surface area contributed by atoms with Crippen molar-refractivity contribution in [3.63, 3.8) is 0 Å². The maximum Gasteiger partial charge on any atom is 0.321 e. The topological polar surface area (TPSA) is 118 Å². The smallest absolute Gasteiger partial charge is 0.321 e. The van der Waals surface area contributed by atoms with Crippen molar-refractivity contribution in [1.82, 2.24) is 10.3 Å². The van der Waals surface area contributed by atoms with Crippen molar-refractivity contribution in [2.45, 2.75) is 138 Å². The molecule has 1 aromatic heterocycles. The van der Waals surface area contributed by atoms with Gasteiger partial charge in [0.25, 0.3) is 0 Å². The fourth-order valence-electron chi connectivity index (χ4n) is 12.8. The fourth-order valence-corrected chi connectivity index (χ4v) is 13.4. The lowest BCUT2D eigenvalue weighted by Gasteiger charge is -2.73. The van der Waals surface area contributed by atoms with Crippen molar-refractivity contribution in [1.29, 1.82) is 0 Å². The number of nitrogens with one attached hydrogen (secondary N) is 2. The van der Waals surface area contributed by atoms with E-state index in [9.17, 15) is 19.5 Å². The van der Waals surface area contributed by atoms with Crippen LogP contribution in [-0.4, -0.2) is 39.7 Å². The van der Waals surface area contributed by atoms with Gasteiger partial charge in [0.1, 0.15) is 6.10 Å². The summed E-state index contributed by atoms with van der Waals surface area (Å²) >= 11 is 1.44. The lowest BCUT2D eigenvalue weighted by atomic mass is 9.32. The van der Waals surface area contributed by atoms with E-state index < -0.39 is 17.4 Å². The maximum absolute atomic E-state index is 13.4. The van der Waals surface area contributed by atoms with Gasteiger partial charge in [-0.05, 0) is 131 Å². The molecule has 0 saturated heterocycles. The summed E-state index contributed by atoms with van der Waals surface area (Å²) < 4.78 is 6.16. The lowest BCUT2D eigenvalue weighted by Crippen LogP contribution is -2.69. The number of rotatable bonds is 7. The summed E-state index contributed by atoms with van der Waals surface area (Å²) in [7, 11) is 0. The van der Waals surface area contributed by atoms with Crippen LogP contribution in [0, 0.1) is 56.7 Å². The number of allylic oxidation sites excluding steroid dienone is 1. The second-order valence-corrected chi connectivity index (χ2v) is 19.4. The van der Waals surface area contributed by atoms with Gasteiger partial charge in [0, 0.05) is 22.5 Å². The molecule has 0 radical (unpaired) electrons. The van der Waals surface area contributed by atoms with Crippen molar-refractivity contribution in [3.8, 4) is 0 Å². The number of thiazole rings is 1. The van der Waals surface area contributed by atoms with E-state index in [1.807, 2.05) is 5.38 Å². The van der Waals surface area contributed by atoms with Gasteiger partial charge >= 0.3 is 18.0 Å². The third-order valence-electron chi connectivity index (χ3n) is 15.5. The number of amides is 2. The van der Waals surface area contributed by atoms with E-state index in [0.29, 0.717) is 34.7 Å². The molecule has 9 heteroatoms. The predicted molar refractivity (Wildman–Crippen MR) is 189 cm³/mol. The average Bonchev–Trinajstić information content (AvgIpc) is 3.63. The molecule has 5 fully saturated rings. The van der Waals surface area contributed by atoms with Crippen molar-refractivity contribution in [2.24, 2.45) is 56.7 Å². The van der Waals surface area contributed by atoms with E-state index in [1.165, 1.54) is 23.3 Å². The SMILES string of the molecule is C=C(C)[C@@H]1CC[C@]2(NC(=O)Nc3nccs3)CC[C@]3(C)C(CCC4C5(C)CCC(OC(=O)CC(C)(C)C(=O)O)C(C)(C)C5CCC43C)C12. The summed E-state index contributed by atoms with van der Waals surface area (Å²) in [6.45, 7) is 22.2. The molecule has 48 heavy (non-hydrogen) atoms. The lowest BCUT2D eigenvalue weighted by molar-refractivity contribution is -0.246. The van der Waals surface area contributed by atoms with Gasteiger partial charge in [-0.3, -0.25) is 14.9 Å². The number of fused-ring (bicyclic) bond motifs is 7. The molecule has 0 aliphatic heterocycles. The molecular weight excluding hydrogens is 623 g/mol. The van der Waals surface area contributed by atoms with E-state index in [-0.39, 0.29) is 45.8 Å². The second-order valence-electron chi connectivity index (χ2n) is 18.5. The monoisotopic (exact) mass is 681 g/mol. The minimum atomic E-state index is -1.15. The Labute approximate surface area is 291 Å². The number of hydrogen-bond acceptors (Lipinski definition) is 6. The Morgan fingerprint density at radius 1 is 0.979 bits per heavy atom. The van der Waals surface area contributed by atoms with Crippen LogP contribution in [0.3, 0.4) is 0 Å². The highest BCUT2D eigenvalue weighted by atomic mass is 32.1. The molecule has 5 aliphatic rings. The zero-order chi connectivity index (χ0) is 35.1. The first-order valence-corrected chi connectivity index (χ1v) is 19.3. The van der Waals surface area contributed by atoms with E-state index in [2.05, 4.69) is 63.7 Å². The molecule has 5 aliphatic carbocycles. The normalized spacial score (nSPS) is 41.5. The van der Waals surface area contributed by atoms with Crippen molar-refractivity contribution in [3.05, 3.63) is 23.7 Å². The van der Waals surface area contributed by atoms with Crippen LogP contribution in [0.2, 0.25) is 0 Å². The Morgan fingerprint density at radius 3 is 2.35 bits per heavy atom. The minimum Gasteiger partial charge on any atom is -0.481 e. The van der Waals surface area contributed by atoms with Crippen LogP contribution in [0.1, 0.15) is 126 Å². The van der Waals surface area contributed by atoms with Crippen LogP contribution in [0.5, 0.6) is 0 Å². The highest BCUT2D eigenvalue weighted by Gasteiger charge is 2.71. The highest BCUT2D eigenvalue weighted by Crippen LogP contribution is 2.76. The predicted octanol–water partition coefficient (Wildman–Crippen LogP) is 9.09. The molecule has 8 nitrogen and oxygen atoms in total. The first-order valence-electron chi connectivity index (χ1n) is 18.4. The number of urea groups is 1. The number of nitrogens with zero attached hydrogens (tertiary/aromatic N) is 1.